The molecule has 2 atom stereocenters. The molecule has 0 bridgehead atoms. The summed E-state index contributed by atoms with van der Waals surface area (Å²) in [6, 6.07) is 2.71. The van der Waals surface area contributed by atoms with Crippen LogP contribution in [0.25, 0.3) is 0 Å². The van der Waals surface area contributed by atoms with Gasteiger partial charge in [0, 0.05) is 11.6 Å². The van der Waals surface area contributed by atoms with Gasteiger partial charge in [0.2, 0.25) is 5.91 Å². The van der Waals surface area contributed by atoms with Gasteiger partial charge in [0.15, 0.2) is 0 Å². The molecule has 1 unspecified atom stereocenters. The first-order chi connectivity index (χ1) is 9.08. The second-order valence-corrected chi connectivity index (χ2v) is 4.90. The highest BCUT2D eigenvalue weighted by atomic mass is 35.5. The molecule has 2 rings (SSSR count). The monoisotopic (exact) mass is 304 g/mol. The number of nitrogens with one attached hydrogen (secondary N) is 2. The van der Waals surface area contributed by atoms with Gasteiger partial charge in [-0.05, 0) is 32.4 Å². The van der Waals surface area contributed by atoms with Crippen molar-refractivity contribution in [2.75, 3.05) is 6.54 Å². The smallest absolute Gasteiger partial charge is 0.237 e. The summed E-state index contributed by atoms with van der Waals surface area (Å²) in [5.41, 5.74) is 0.297. The first-order valence-corrected chi connectivity index (χ1v) is 6.56. The third-order valence-corrected chi connectivity index (χ3v) is 3.41. The van der Waals surface area contributed by atoms with Crippen molar-refractivity contribution in [3.63, 3.8) is 0 Å². The van der Waals surface area contributed by atoms with Gasteiger partial charge in [-0.15, -0.1) is 12.4 Å². The van der Waals surface area contributed by atoms with E-state index in [1.54, 1.807) is 6.92 Å². The maximum absolute atomic E-state index is 13.6. The molecule has 0 radical (unpaired) electrons. The first kappa shape index (κ1) is 16.9. The SMILES string of the molecule is CC(NC(=O)[C@@H]1CCCCN1)c1ccc(F)cc1F.Cl. The van der Waals surface area contributed by atoms with E-state index in [1.807, 2.05) is 0 Å². The van der Waals surface area contributed by atoms with Crippen LogP contribution < -0.4 is 10.6 Å². The Kier molecular flexibility index (Phi) is 6.36. The molecule has 0 spiro atoms. The van der Waals surface area contributed by atoms with Crippen LogP contribution in [0, 0.1) is 11.6 Å². The second-order valence-electron chi connectivity index (χ2n) is 4.90. The molecular weight excluding hydrogens is 286 g/mol. The fraction of sp³-hybridized carbons (Fsp3) is 0.500. The highest BCUT2D eigenvalue weighted by Crippen LogP contribution is 2.18. The van der Waals surface area contributed by atoms with E-state index in [-0.39, 0.29) is 24.4 Å². The quantitative estimate of drug-likeness (QED) is 0.901. The normalized spacial score (nSPS) is 19.9. The zero-order chi connectivity index (χ0) is 13.8. The van der Waals surface area contributed by atoms with Gasteiger partial charge in [0.05, 0.1) is 12.1 Å². The van der Waals surface area contributed by atoms with E-state index < -0.39 is 17.7 Å². The summed E-state index contributed by atoms with van der Waals surface area (Å²) in [6.45, 7) is 2.52. The first-order valence-electron chi connectivity index (χ1n) is 6.56. The molecule has 2 N–H and O–H groups in total. The van der Waals surface area contributed by atoms with Gasteiger partial charge in [0.1, 0.15) is 11.6 Å². The van der Waals surface area contributed by atoms with Crippen LogP contribution in [-0.4, -0.2) is 18.5 Å². The van der Waals surface area contributed by atoms with Crippen LogP contribution in [-0.2, 0) is 4.79 Å². The molecule has 1 saturated heterocycles. The molecule has 1 aromatic carbocycles. The Morgan fingerprint density at radius 2 is 2.15 bits per heavy atom. The molecule has 1 fully saturated rings. The Bertz CT molecular complexity index is 464. The fourth-order valence-electron chi connectivity index (χ4n) is 2.32. The Hall–Kier alpha value is -1.20. The summed E-state index contributed by atoms with van der Waals surface area (Å²) >= 11 is 0. The van der Waals surface area contributed by atoms with Crippen LogP contribution in [0.4, 0.5) is 8.78 Å². The molecule has 1 aromatic rings. The van der Waals surface area contributed by atoms with Crippen LogP contribution in [0.5, 0.6) is 0 Å². The molecule has 0 saturated carbocycles. The topological polar surface area (TPSA) is 41.1 Å². The van der Waals surface area contributed by atoms with Crippen molar-refractivity contribution in [1.29, 1.82) is 0 Å². The molecule has 1 aliphatic rings. The Labute approximate surface area is 123 Å². The zero-order valence-corrected chi connectivity index (χ0v) is 12.1. The van der Waals surface area contributed by atoms with Gasteiger partial charge >= 0.3 is 0 Å². The number of halogens is 3. The van der Waals surface area contributed by atoms with Gasteiger partial charge in [-0.2, -0.15) is 0 Å². The highest BCUT2D eigenvalue weighted by molar-refractivity contribution is 5.85. The van der Waals surface area contributed by atoms with Crippen molar-refractivity contribution in [3.8, 4) is 0 Å². The van der Waals surface area contributed by atoms with E-state index >= 15 is 0 Å². The van der Waals surface area contributed by atoms with E-state index in [2.05, 4.69) is 10.6 Å². The molecule has 20 heavy (non-hydrogen) atoms. The number of hydrogen-bond acceptors (Lipinski definition) is 2. The van der Waals surface area contributed by atoms with Crippen molar-refractivity contribution < 1.29 is 13.6 Å². The van der Waals surface area contributed by atoms with E-state index in [0.29, 0.717) is 5.56 Å². The summed E-state index contributed by atoms with van der Waals surface area (Å²) in [5.74, 6) is -1.38. The minimum absolute atomic E-state index is 0. The molecule has 112 valence electrons. The van der Waals surface area contributed by atoms with Gasteiger partial charge < -0.3 is 10.6 Å². The molecule has 1 amide bonds. The minimum Gasteiger partial charge on any atom is -0.348 e. The van der Waals surface area contributed by atoms with E-state index in [4.69, 9.17) is 0 Å². The molecule has 0 aromatic heterocycles. The molecule has 1 aliphatic heterocycles. The maximum Gasteiger partial charge on any atom is 0.237 e. The molecule has 0 aliphatic carbocycles. The largest absolute Gasteiger partial charge is 0.348 e. The van der Waals surface area contributed by atoms with E-state index in [0.717, 1.165) is 31.9 Å². The molecule has 1 heterocycles. The summed E-state index contributed by atoms with van der Waals surface area (Å²) in [5, 5.41) is 5.90. The lowest BCUT2D eigenvalue weighted by molar-refractivity contribution is -0.124. The minimum atomic E-state index is -0.635. The summed E-state index contributed by atoms with van der Waals surface area (Å²) in [7, 11) is 0. The van der Waals surface area contributed by atoms with Crippen LogP contribution in [0.1, 0.15) is 37.8 Å². The summed E-state index contributed by atoms with van der Waals surface area (Å²) < 4.78 is 26.4. The van der Waals surface area contributed by atoms with Crippen LogP contribution >= 0.6 is 12.4 Å². The Balaban J connectivity index is 0.00000200. The van der Waals surface area contributed by atoms with Crippen molar-refractivity contribution >= 4 is 18.3 Å². The fourth-order valence-corrected chi connectivity index (χ4v) is 2.32. The third-order valence-electron chi connectivity index (χ3n) is 3.41. The summed E-state index contributed by atoms with van der Waals surface area (Å²) in [4.78, 5) is 12.0. The zero-order valence-electron chi connectivity index (χ0n) is 11.3. The highest BCUT2D eigenvalue weighted by Gasteiger charge is 2.22. The van der Waals surface area contributed by atoms with Crippen LogP contribution in [0.3, 0.4) is 0 Å². The Morgan fingerprint density at radius 3 is 2.75 bits per heavy atom. The second kappa shape index (κ2) is 7.55. The predicted molar refractivity (Wildman–Crippen MR) is 75.8 cm³/mol. The van der Waals surface area contributed by atoms with Crippen molar-refractivity contribution in [3.05, 3.63) is 35.4 Å². The maximum atomic E-state index is 13.6. The van der Waals surface area contributed by atoms with Crippen molar-refractivity contribution in [2.45, 2.75) is 38.3 Å². The average Bonchev–Trinajstić information content (AvgIpc) is 2.39. The number of hydrogen-bond donors (Lipinski definition) is 2. The van der Waals surface area contributed by atoms with Gasteiger partial charge in [-0.3, -0.25) is 4.79 Å². The van der Waals surface area contributed by atoms with Gasteiger partial charge in [-0.1, -0.05) is 12.5 Å². The predicted octanol–water partition coefficient (Wildman–Crippen LogP) is 2.71. The van der Waals surface area contributed by atoms with E-state index in [9.17, 15) is 13.6 Å². The third kappa shape index (κ3) is 4.15. The Morgan fingerprint density at radius 1 is 1.40 bits per heavy atom. The van der Waals surface area contributed by atoms with Crippen molar-refractivity contribution in [2.24, 2.45) is 0 Å². The van der Waals surface area contributed by atoms with E-state index in [1.165, 1.54) is 12.1 Å². The van der Waals surface area contributed by atoms with Crippen molar-refractivity contribution in [1.82, 2.24) is 10.6 Å². The molecular formula is C14H19ClF2N2O. The number of rotatable bonds is 3. The number of carbonyl (C=O) groups excluding carboxylic acids is 1. The average molecular weight is 305 g/mol. The molecule has 3 nitrogen and oxygen atoms in total. The lowest BCUT2D eigenvalue weighted by atomic mass is 10.0. The van der Waals surface area contributed by atoms with Crippen LogP contribution in [0.2, 0.25) is 0 Å². The molecule has 6 heteroatoms. The number of amides is 1. The lowest BCUT2D eigenvalue weighted by Crippen LogP contribution is -2.47. The van der Waals surface area contributed by atoms with Gasteiger partial charge in [-0.25, -0.2) is 8.78 Å². The van der Waals surface area contributed by atoms with Gasteiger partial charge in [0.25, 0.3) is 0 Å². The van der Waals surface area contributed by atoms with Crippen LogP contribution in [0.15, 0.2) is 18.2 Å². The standard InChI is InChI=1S/C14H18F2N2O.ClH/c1-9(11-6-5-10(15)8-12(11)16)18-14(19)13-4-2-3-7-17-13;/h5-6,8-9,13,17H,2-4,7H2,1H3,(H,18,19);1H/t9?,13-;/m0./s1. The number of carbonyl (C=O) groups is 1. The lowest BCUT2D eigenvalue weighted by Gasteiger charge is -2.24. The number of piperidine rings is 1. The summed E-state index contributed by atoms with van der Waals surface area (Å²) in [6.07, 6.45) is 2.89. The number of benzene rings is 1.